The van der Waals surface area contributed by atoms with Crippen LogP contribution in [0, 0.1) is 13.8 Å². The molecule has 0 fully saturated rings. The van der Waals surface area contributed by atoms with Crippen LogP contribution in [0.4, 0.5) is 0 Å². The number of benzene rings is 1. The third-order valence-corrected chi connectivity index (χ3v) is 4.07. The number of pyridine rings is 2. The van der Waals surface area contributed by atoms with E-state index in [0.29, 0.717) is 5.82 Å². The summed E-state index contributed by atoms with van der Waals surface area (Å²) in [5.74, 6) is 0.692. The molecule has 0 unspecified atom stereocenters. The molecule has 0 atom stereocenters. The van der Waals surface area contributed by atoms with Crippen molar-refractivity contribution in [3.8, 4) is 22.6 Å². The highest BCUT2D eigenvalue weighted by atomic mass is 15.3. The largest absolute Gasteiger partial charge is 0.255 e. The molecule has 0 aliphatic rings. The summed E-state index contributed by atoms with van der Waals surface area (Å²) in [6.07, 6.45) is 3.71. The Morgan fingerprint density at radius 1 is 0.913 bits per heavy atom. The van der Waals surface area contributed by atoms with Crippen LogP contribution >= 0.6 is 0 Å². The molecule has 0 saturated carbocycles. The van der Waals surface area contributed by atoms with Crippen LogP contribution < -0.4 is 0 Å². The maximum absolute atomic E-state index is 4.62. The minimum Gasteiger partial charge on any atom is -0.255 e. The predicted octanol–water partition coefficient (Wildman–Crippen LogP) is 4.08. The van der Waals surface area contributed by atoms with E-state index in [4.69, 9.17) is 0 Å². The lowest BCUT2D eigenvalue weighted by atomic mass is 10.0. The zero-order valence-corrected chi connectivity index (χ0v) is 13.1. The van der Waals surface area contributed by atoms with Gasteiger partial charge in [-0.15, -0.1) is 5.10 Å². The van der Waals surface area contributed by atoms with Gasteiger partial charge in [-0.2, -0.15) is 0 Å². The van der Waals surface area contributed by atoms with Gasteiger partial charge in [-0.1, -0.05) is 18.2 Å². The Morgan fingerprint density at radius 3 is 2.65 bits per heavy atom. The molecule has 4 heteroatoms. The molecule has 3 aromatic heterocycles. The summed E-state index contributed by atoms with van der Waals surface area (Å²) < 4.78 is 1.78. The molecule has 3 heterocycles. The van der Waals surface area contributed by atoms with Crippen molar-refractivity contribution in [1.29, 1.82) is 0 Å². The lowest BCUT2D eigenvalue weighted by molar-refractivity contribution is 0.965. The van der Waals surface area contributed by atoms with Gasteiger partial charge in [0.1, 0.15) is 0 Å². The number of hydrogen-bond acceptors (Lipinski definition) is 3. The summed E-state index contributed by atoms with van der Waals surface area (Å²) in [4.78, 5) is 9.20. The number of hydrogen-bond donors (Lipinski definition) is 0. The monoisotopic (exact) mass is 300 g/mol. The first-order valence-electron chi connectivity index (χ1n) is 7.57. The topological polar surface area (TPSA) is 43.1 Å². The average Bonchev–Trinajstić information content (AvgIpc) is 3.01. The van der Waals surface area contributed by atoms with Crippen molar-refractivity contribution in [3.63, 3.8) is 0 Å². The Bertz CT molecular complexity index is 968. The zero-order chi connectivity index (χ0) is 15.8. The Kier molecular flexibility index (Phi) is 3.15. The van der Waals surface area contributed by atoms with E-state index in [1.807, 2.05) is 42.7 Å². The lowest BCUT2D eigenvalue weighted by Gasteiger charge is -2.08. The van der Waals surface area contributed by atoms with E-state index in [2.05, 4.69) is 47.1 Å². The summed E-state index contributed by atoms with van der Waals surface area (Å²) in [5.41, 5.74) is 6.30. The minimum absolute atomic E-state index is 0.692. The highest BCUT2D eigenvalue weighted by molar-refractivity contribution is 5.78. The molecule has 4 aromatic rings. The van der Waals surface area contributed by atoms with E-state index < -0.39 is 0 Å². The van der Waals surface area contributed by atoms with Crippen molar-refractivity contribution in [2.75, 3.05) is 0 Å². The minimum atomic E-state index is 0.692. The summed E-state index contributed by atoms with van der Waals surface area (Å²) in [6.45, 7) is 4.23. The van der Waals surface area contributed by atoms with Gasteiger partial charge in [0.15, 0.2) is 11.5 Å². The highest BCUT2D eigenvalue weighted by Crippen LogP contribution is 2.29. The molecule has 0 spiro atoms. The standard InChI is InChI=1S/C19H16N4/c1-13-8-9-15(12-14(13)2)18-16(6-5-10-20-18)19-21-17-7-3-4-11-23(17)22-19/h3-12H,1-2H3. The Labute approximate surface area is 134 Å². The van der Waals surface area contributed by atoms with Gasteiger partial charge in [0, 0.05) is 23.5 Å². The van der Waals surface area contributed by atoms with Crippen LogP contribution in [0.2, 0.25) is 0 Å². The molecule has 0 radical (unpaired) electrons. The molecule has 0 amide bonds. The van der Waals surface area contributed by atoms with Crippen LogP contribution in [0.25, 0.3) is 28.3 Å². The summed E-state index contributed by atoms with van der Waals surface area (Å²) in [6, 6.07) is 16.2. The predicted molar refractivity (Wildman–Crippen MR) is 91.1 cm³/mol. The first-order chi connectivity index (χ1) is 11.2. The lowest BCUT2D eigenvalue weighted by Crippen LogP contribution is -1.92. The van der Waals surface area contributed by atoms with Gasteiger partial charge in [0.05, 0.1) is 5.69 Å². The van der Waals surface area contributed by atoms with Crippen molar-refractivity contribution in [3.05, 3.63) is 72.1 Å². The van der Waals surface area contributed by atoms with Crippen LogP contribution in [0.5, 0.6) is 0 Å². The maximum atomic E-state index is 4.62. The molecular formula is C19H16N4. The summed E-state index contributed by atoms with van der Waals surface area (Å²) in [5, 5.41) is 4.57. The fraction of sp³-hybridized carbons (Fsp3) is 0.105. The third kappa shape index (κ3) is 2.38. The van der Waals surface area contributed by atoms with E-state index in [9.17, 15) is 0 Å². The molecule has 112 valence electrons. The van der Waals surface area contributed by atoms with Crippen LogP contribution in [0.1, 0.15) is 11.1 Å². The van der Waals surface area contributed by atoms with Gasteiger partial charge in [0.2, 0.25) is 0 Å². The Balaban J connectivity index is 1.91. The van der Waals surface area contributed by atoms with Gasteiger partial charge < -0.3 is 0 Å². The molecule has 4 rings (SSSR count). The van der Waals surface area contributed by atoms with Crippen LogP contribution in [-0.2, 0) is 0 Å². The van der Waals surface area contributed by atoms with Crippen molar-refractivity contribution in [2.45, 2.75) is 13.8 Å². The normalized spacial score (nSPS) is 11.0. The zero-order valence-electron chi connectivity index (χ0n) is 13.1. The smallest absolute Gasteiger partial charge is 0.184 e. The molecule has 0 saturated heterocycles. The average molecular weight is 300 g/mol. The molecule has 0 N–H and O–H groups in total. The highest BCUT2D eigenvalue weighted by Gasteiger charge is 2.13. The second-order valence-corrected chi connectivity index (χ2v) is 5.64. The van der Waals surface area contributed by atoms with Gasteiger partial charge >= 0.3 is 0 Å². The SMILES string of the molecule is Cc1ccc(-c2ncccc2-c2nc3ccccn3n2)cc1C. The molecule has 0 bridgehead atoms. The molecule has 0 aliphatic carbocycles. The molecular weight excluding hydrogens is 284 g/mol. The quantitative estimate of drug-likeness (QED) is 0.560. The van der Waals surface area contributed by atoms with Crippen molar-refractivity contribution in [2.24, 2.45) is 0 Å². The van der Waals surface area contributed by atoms with Gasteiger partial charge in [-0.3, -0.25) is 4.98 Å². The molecule has 1 aromatic carbocycles. The summed E-state index contributed by atoms with van der Waals surface area (Å²) in [7, 11) is 0. The van der Waals surface area contributed by atoms with Gasteiger partial charge in [0.25, 0.3) is 0 Å². The number of rotatable bonds is 2. The third-order valence-electron chi connectivity index (χ3n) is 4.07. The van der Waals surface area contributed by atoms with E-state index in [0.717, 1.165) is 22.5 Å². The van der Waals surface area contributed by atoms with E-state index in [-0.39, 0.29) is 0 Å². The van der Waals surface area contributed by atoms with Crippen LogP contribution in [0.3, 0.4) is 0 Å². The fourth-order valence-corrected chi connectivity index (χ4v) is 2.65. The van der Waals surface area contributed by atoms with Crippen LogP contribution in [-0.4, -0.2) is 19.6 Å². The maximum Gasteiger partial charge on any atom is 0.184 e. The fourth-order valence-electron chi connectivity index (χ4n) is 2.65. The van der Waals surface area contributed by atoms with Crippen LogP contribution in [0.15, 0.2) is 60.9 Å². The van der Waals surface area contributed by atoms with Gasteiger partial charge in [-0.05, 0) is 55.3 Å². The second-order valence-electron chi connectivity index (χ2n) is 5.64. The Hall–Kier alpha value is -3.01. The first-order valence-corrected chi connectivity index (χ1v) is 7.57. The van der Waals surface area contributed by atoms with Crippen molar-refractivity contribution in [1.82, 2.24) is 19.6 Å². The van der Waals surface area contributed by atoms with Crippen molar-refractivity contribution >= 4 is 5.65 Å². The molecule has 0 aliphatic heterocycles. The number of fused-ring (bicyclic) bond motifs is 1. The van der Waals surface area contributed by atoms with Crippen molar-refractivity contribution < 1.29 is 0 Å². The Morgan fingerprint density at radius 2 is 1.83 bits per heavy atom. The number of nitrogens with zero attached hydrogens (tertiary/aromatic N) is 4. The van der Waals surface area contributed by atoms with E-state index >= 15 is 0 Å². The van der Waals surface area contributed by atoms with E-state index in [1.165, 1.54) is 11.1 Å². The number of aryl methyl sites for hydroxylation is 2. The molecule has 23 heavy (non-hydrogen) atoms. The molecule has 4 nitrogen and oxygen atoms in total. The second kappa shape index (κ2) is 5.32. The number of aromatic nitrogens is 4. The first kappa shape index (κ1) is 13.6. The van der Waals surface area contributed by atoms with Gasteiger partial charge in [-0.25, -0.2) is 9.50 Å². The summed E-state index contributed by atoms with van der Waals surface area (Å²) >= 11 is 0. The van der Waals surface area contributed by atoms with E-state index in [1.54, 1.807) is 4.52 Å².